The van der Waals surface area contributed by atoms with Gasteiger partial charge in [-0.25, -0.2) is 4.39 Å². The predicted octanol–water partition coefficient (Wildman–Crippen LogP) is 3.45. The van der Waals surface area contributed by atoms with Gasteiger partial charge in [0.25, 0.3) is 0 Å². The summed E-state index contributed by atoms with van der Waals surface area (Å²) in [5.74, 6) is 0.279. The van der Waals surface area contributed by atoms with Gasteiger partial charge in [0.1, 0.15) is 0 Å². The molecule has 0 saturated carbocycles. The van der Waals surface area contributed by atoms with Gasteiger partial charge >= 0.3 is 0 Å². The van der Waals surface area contributed by atoms with Crippen molar-refractivity contribution in [3.63, 3.8) is 0 Å². The van der Waals surface area contributed by atoms with Gasteiger partial charge in [0.2, 0.25) is 0 Å². The van der Waals surface area contributed by atoms with Gasteiger partial charge in [-0.1, -0.05) is 26.8 Å². The summed E-state index contributed by atoms with van der Waals surface area (Å²) in [5.41, 5.74) is 0. The van der Waals surface area contributed by atoms with Crippen LogP contribution in [0, 0.1) is 11.8 Å². The first kappa shape index (κ1) is 11.0. The lowest BCUT2D eigenvalue weighted by molar-refractivity contribution is 0.165. The highest BCUT2D eigenvalue weighted by molar-refractivity contribution is 7.81. The van der Waals surface area contributed by atoms with Crippen LogP contribution in [-0.2, 0) is 0 Å². The number of thiol groups is 1. The first-order chi connectivity index (χ1) is 4.91. The molecule has 0 N–H and O–H groups in total. The molecule has 0 aromatic carbocycles. The van der Waals surface area contributed by atoms with Crippen molar-refractivity contribution < 1.29 is 4.39 Å². The molecule has 11 heavy (non-hydrogen) atoms. The molecule has 0 fully saturated rings. The molecular weight excluding hydrogens is 159 g/mol. The molecule has 0 bridgehead atoms. The van der Waals surface area contributed by atoms with Crippen LogP contribution in [0.25, 0.3) is 0 Å². The molecule has 0 spiro atoms. The Hall–Kier alpha value is 0.0200. The van der Waals surface area contributed by atoms with Crippen LogP contribution in [0.2, 0.25) is 0 Å². The molecule has 0 aromatic heterocycles. The summed E-state index contributed by atoms with van der Waals surface area (Å²) in [6.07, 6.45) is 1.89. The second-order valence-corrected chi connectivity index (χ2v) is 4.09. The average molecular weight is 176 g/mol. The molecule has 0 aliphatic heterocycles. The number of alkyl halides is 1. The minimum Gasteiger partial charge on any atom is -0.232 e. The second-order valence-electron chi connectivity index (χ2n) is 3.34. The summed E-state index contributed by atoms with van der Waals surface area (Å²) >= 11 is 3.96. The fourth-order valence-corrected chi connectivity index (χ4v) is 1.33. The SMILES string of the molecule is C=CCC(F)(S)C(C)C(C)C. The van der Waals surface area contributed by atoms with E-state index in [0.29, 0.717) is 12.3 Å². The standard InChI is InChI=1S/C9H17FS/c1-5-6-9(10,11)8(4)7(2)3/h5,7-8,11H,1,6H2,2-4H3. The van der Waals surface area contributed by atoms with Crippen LogP contribution in [0.5, 0.6) is 0 Å². The number of hydrogen-bond acceptors (Lipinski definition) is 1. The summed E-state index contributed by atoms with van der Waals surface area (Å²) in [5, 5.41) is -1.39. The van der Waals surface area contributed by atoms with Gasteiger partial charge < -0.3 is 0 Å². The van der Waals surface area contributed by atoms with Crippen molar-refractivity contribution in [3.05, 3.63) is 12.7 Å². The summed E-state index contributed by atoms with van der Waals surface area (Å²) in [4.78, 5) is 0. The quantitative estimate of drug-likeness (QED) is 0.492. The molecule has 66 valence electrons. The largest absolute Gasteiger partial charge is 0.232 e. The van der Waals surface area contributed by atoms with E-state index >= 15 is 0 Å². The smallest absolute Gasteiger partial charge is 0.159 e. The molecule has 0 saturated heterocycles. The van der Waals surface area contributed by atoms with Gasteiger partial charge in [0, 0.05) is 12.3 Å². The Bertz CT molecular complexity index is 130. The molecule has 0 nitrogen and oxygen atoms in total. The van der Waals surface area contributed by atoms with E-state index in [1.54, 1.807) is 6.08 Å². The van der Waals surface area contributed by atoms with Crippen LogP contribution in [0.3, 0.4) is 0 Å². The summed E-state index contributed by atoms with van der Waals surface area (Å²) in [6.45, 7) is 9.37. The summed E-state index contributed by atoms with van der Waals surface area (Å²) in [7, 11) is 0. The topological polar surface area (TPSA) is 0 Å². The van der Waals surface area contributed by atoms with Crippen LogP contribution in [0.15, 0.2) is 12.7 Å². The molecule has 2 unspecified atom stereocenters. The van der Waals surface area contributed by atoms with Crippen molar-refractivity contribution in [2.75, 3.05) is 0 Å². The van der Waals surface area contributed by atoms with Gasteiger partial charge in [0.15, 0.2) is 5.00 Å². The van der Waals surface area contributed by atoms with Crippen LogP contribution in [0.4, 0.5) is 4.39 Å². The summed E-state index contributed by atoms with van der Waals surface area (Å²) < 4.78 is 13.5. The van der Waals surface area contributed by atoms with Gasteiger partial charge in [0.05, 0.1) is 0 Å². The summed E-state index contributed by atoms with van der Waals surface area (Å²) in [6, 6.07) is 0. The van der Waals surface area contributed by atoms with Crippen LogP contribution < -0.4 is 0 Å². The van der Waals surface area contributed by atoms with E-state index in [9.17, 15) is 4.39 Å². The third-order valence-corrected chi connectivity index (χ3v) is 2.72. The van der Waals surface area contributed by atoms with Gasteiger partial charge in [-0.3, -0.25) is 0 Å². The van der Waals surface area contributed by atoms with Crippen molar-refractivity contribution in [2.24, 2.45) is 11.8 Å². The number of rotatable bonds is 4. The van der Waals surface area contributed by atoms with Gasteiger partial charge in [-0.15, -0.1) is 19.2 Å². The van der Waals surface area contributed by atoms with Crippen LogP contribution >= 0.6 is 12.6 Å². The van der Waals surface area contributed by atoms with Crippen molar-refractivity contribution in [2.45, 2.75) is 32.2 Å². The molecule has 0 heterocycles. The van der Waals surface area contributed by atoms with Crippen LogP contribution in [-0.4, -0.2) is 5.00 Å². The zero-order chi connectivity index (χ0) is 9.07. The first-order valence-corrected chi connectivity index (χ1v) is 4.38. The lowest BCUT2D eigenvalue weighted by Crippen LogP contribution is -2.28. The zero-order valence-electron chi connectivity index (χ0n) is 7.47. The number of halogens is 1. The third kappa shape index (κ3) is 3.28. The Morgan fingerprint density at radius 2 is 2.00 bits per heavy atom. The molecular formula is C9H17FS. The van der Waals surface area contributed by atoms with E-state index in [1.165, 1.54) is 0 Å². The van der Waals surface area contributed by atoms with E-state index < -0.39 is 5.00 Å². The number of allylic oxidation sites excluding steroid dienone is 1. The van der Waals surface area contributed by atoms with Crippen molar-refractivity contribution in [1.29, 1.82) is 0 Å². The lowest BCUT2D eigenvalue weighted by atomic mass is 9.91. The van der Waals surface area contributed by atoms with Crippen LogP contribution in [0.1, 0.15) is 27.2 Å². The average Bonchev–Trinajstić information content (AvgIpc) is 1.86. The zero-order valence-corrected chi connectivity index (χ0v) is 8.37. The maximum Gasteiger partial charge on any atom is 0.159 e. The van der Waals surface area contributed by atoms with E-state index in [1.807, 2.05) is 20.8 Å². The Morgan fingerprint density at radius 1 is 1.55 bits per heavy atom. The molecule has 2 atom stereocenters. The highest BCUT2D eigenvalue weighted by Gasteiger charge is 2.32. The van der Waals surface area contributed by atoms with E-state index in [4.69, 9.17) is 0 Å². The number of hydrogen-bond donors (Lipinski definition) is 1. The van der Waals surface area contributed by atoms with E-state index in [0.717, 1.165) is 0 Å². The first-order valence-electron chi connectivity index (χ1n) is 3.94. The fraction of sp³-hybridized carbons (Fsp3) is 0.778. The van der Waals surface area contributed by atoms with Crippen molar-refractivity contribution in [3.8, 4) is 0 Å². The van der Waals surface area contributed by atoms with Crippen molar-refractivity contribution >= 4 is 12.6 Å². The van der Waals surface area contributed by atoms with Crippen molar-refractivity contribution in [1.82, 2.24) is 0 Å². The highest BCUT2D eigenvalue weighted by Crippen LogP contribution is 2.35. The molecule has 0 amide bonds. The highest BCUT2D eigenvalue weighted by atomic mass is 32.1. The maximum atomic E-state index is 13.5. The monoisotopic (exact) mass is 176 g/mol. The van der Waals surface area contributed by atoms with Gasteiger partial charge in [-0.2, -0.15) is 0 Å². The fourth-order valence-electron chi connectivity index (χ4n) is 0.899. The molecule has 0 aromatic rings. The van der Waals surface area contributed by atoms with E-state index in [-0.39, 0.29) is 5.92 Å². The minimum atomic E-state index is -1.39. The van der Waals surface area contributed by atoms with Gasteiger partial charge in [-0.05, 0) is 5.92 Å². The Labute approximate surface area is 74.3 Å². The Kier molecular flexibility index (Phi) is 4.16. The minimum absolute atomic E-state index is 0.0381. The second kappa shape index (κ2) is 4.15. The molecule has 0 aliphatic rings. The van der Waals surface area contributed by atoms with E-state index in [2.05, 4.69) is 19.2 Å². The normalized spacial score (nSPS) is 19.5. The molecule has 0 rings (SSSR count). The maximum absolute atomic E-state index is 13.5. The molecule has 2 heteroatoms. The Balaban J connectivity index is 4.15. The lowest BCUT2D eigenvalue weighted by Gasteiger charge is -2.28. The third-order valence-electron chi connectivity index (χ3n) is 2.13. The molecule has 0 aliphatic carbocycles. The Morgan fingerprint density at radius 3 is 2.27 bits per heavy atom. The molecule has 0 radical (unpaired) electrons. The predicted molar refractivity (Wildman–Crippen MR) is 51.6 cm³/mol.